The van der Waals surface area contributed by atoms with Crippen molar-refractivity contribution in [2.24, 2.45) is 0 Å². The maximum absolute atomic E-state index is 13.0. The van der Waals surface area contributed by atoms with Crippen LogP contribution in [0.25, 0.3) is 0 Å². The molecule has 1 aromatic carbocycles. The summed E-state index contributed by atoms with van der Waals surface area (Å²) in [5.41, 5.74) is 2.14. The van der Waals surface area contributed by atoms with Crippen molar-refractivity contribution in [3.8, 4) is 0 Å². The van der Waals surface area contributed by atoms with E-state index in [0.29, 0.717) is 11.4 Å². The van der Waals surface area contributed by atoms with E-state index in [1.54, 1.807) is 16.4 Å². The molecule has 1 aromatic rings. The molecule has 1 fully saturated rings. The largest absolute Gasteiger partial charge is 0.316 e. The zero-order chi connectivity index (χ0) is 15.6. The van der Waals surface area contributed by atoms with Crippen LogP contribution in [-0.2, 0) is 10.0 Å². The van der Waals surface area contributed by atoms with Crippen LogP contribution in [-0.4, -0.2) is 38.4 Å². The molecule has 0 radical (unpaired) electrons. The van der Waals surface area contributed by atoms with Gasteiger partial charge < -0.3 is 5.32 Å². The van der Waals surface area contributed by atoms with Gasteiger partial charge >= 0.3 is 0 Å². The summed E-state index contributed by atoms with van der Waals surface area (Å²) in [4.78, 5) is 0.417. The Morgan fingerprint density at radius 2 is 1.95 bits per heavy atom. The molecule has 0 saturated carbocycles. The monoisotopic (exact) mass is 310 g/mol. The molecular weight excluding hydrogens is 284 g/mol. The molecule has 5 heteroatoms. The summed E-state index contributed by atoms with van der Waals surface area (Å²) in [5, 5.41) is 3.20. The third-order valence-corrected chi connectivity index (χ3v) is 6.54. The zero-order valence-electron chi connectivity index (χ0n) is 13.4. The second-order valence-corrected chi connectivity index (χ2v) is 7.89. The third kappa shape index (κ3) is 3.30. The van der Waals surface area contributed by atoms with Crippen LogP contribution in [0, 0.1) is 13.8 Å². The average molecular weight is 310 g/mol. The van der Waals surface area contributed by atoms with Crippen LogP contribution in [0.3, 0.4) is 0 Å². The number of nitrogens with one attached hydrogen (secondary N) is 1. The van der Waals surface area contributed by atoms with Gasteiger partial charge in [-0.15, -0.1) is 0 Å². The van der Waals surface area contributed by atoms with Gasteiger partial charge in [-0.25, -0.2) is 8.42 Å². The van der Waals surface area contributed by atoms with E-state index in [9.17, 15) is 8.42 Å². The first-order valence-electron chi connectivity index (χ1n) is 7.64. The first kappa shape index (κ1) is 16.5. The average Bonchev–Trinajstić information content (AvgIpc) is 2.49. The van der Waals surface area contributed by atoms with Crippen molar-refractivity contribution in [2.75, 3.05) is 13.6 Å². The number of benzene rings is 1. The fraction of sp³-hybridized carbons (Fsp3) is 0.625. The highest BCUT2D eigenvalue weighted by Crippen LogP contribution is 2.28. The van der Waals surface area contributed by atoms with Crippen molar-refractivity contribution in [3.05, 3.63) is 29.3 Å². The Morgan fingerprint density at radius 1 is 1.24 bits per heavy atom. The first-order valence-corrected chi connectivity index (χ1v) is 9.08. The van der Waals surface area contributed by atoms with E-state index >= 15 is 0 Å². The number of rotatable bonds is 4. The van der Waals surface area contributed by atoms with E-state index in [2.05, 4.69) is 12.2 Å². The molecule has 21 heavy (non-hydrogen) atoms. The van der Waals surface area contributed by atoms with Gasteiger partial charge in [0.05, 0.1) is 4.90 Å². The Kier molecular flexibility index (Phi) is 5.07. The van der Waals surface area contributed by atoms with Gasteiger partial charge in [0.25, 0.3) is 0 Å². The lowest BCUT2D eigenvalue weighted by Gasteiger charge is -2.38. The second-order valence-electron chi connectivity index (χ2n) is 6.00. The number of hydrogen-bond acceptors (Lipinski definition) is 3. The number of piperidine rings is 1. The molecule has 1 N–H and O–H groups in total. The van der Waals surface area contributed by atoms with Gasteiger partial charge in [-0.2, -0.15) is 4.31 Å². The fourth-order valence-corrected chi connectivity index (χ4v) is 4.78. The van der Waals surface area contributed by atoms with E-state index in [1.165, 1.54) is 0 Å². The molecule has 1 saturated heterocycles. The normalized spacial score (nSPS) is 22.2. The van der Waals surface area contributed by atoms with Crippen LogP contribution in [0.4, 0.5) is 0 Å². The molecule has 2 rings (SSSR count). The van der Waals surface area contributed by atoms with Gasteiger partial charge in [0.2, 0.25) is 10.0 Å². The summed E-state index contributed by atoms with van der Waals surface area (Å²) in [7, 11) is -1.52. The highest BCUT2D eigenvalue weighted by atomic mass is 32.2. The molecular formula is C16H26N2O2S. The number of likely N-dealkylation sites (N-methyl/N-ethyl adjacent to an activating group) is 1. The van der Waals surface area contributed by atoms with Gasteiger partial charge in [-0.3, -0.25) is 0 Å². The van der Waals surface area contributed by atoms with E-state index in [-0.39, 0.29) is 12.1 Å². The molecule has 118 valence electrons. The summed E-state index contributed by atoms with van der Waals surface area (Å²) in [6, 6.07) is 5.61. The van der Waals surface area contributed by atoms with E-state index < -0.39 is 10.0 Å². The summed E-state index contributed by atoms with van der Waals surface area (Å²) >= 11 is 0. The number of aryl methyl sites for hydroxylation is 2. The summed E-state index contributed by atoms with van der Waals surface area (Å²) in [6.07, 6.45) is 2.96. The Morgan fingerprint density at radius 3 is 2.57 bits per heavy atom. The standard InChI is InChI=1S/C16H26N2O2S/c1-12-8-9-15(11-13(12)2)21(19,20)18-10-6-5-7-16(18)14(3)17-4/h8-9,11,14,16-17H,5-7,10H2,1-4H3. The molecule has 4 nitrogen and oxygen atoms in total. The van der Waals surface area contributed by atoms with Crippen LogP contribution in [0.15, 0.2) is 23.1 Å². The van der Waals surface area contributed by atoms with E-state index in [0.717, 1.165) is 30.4 Å². The van der Waals surface area contributed by atoms with Crippen molar-refractivity contribution in [2.45, 2.75) is 57.0 Å². The van der Waals surface area contributed by atoms with Crippen molar-refractivity contribution >= 4 is 10.0 Å². The van der Waals surface area contributed by atoms with Crippen molar-refractivity contribution in [1.29, 1.82) is 0 Å². The Labute approximate surface area is 128 Å². The minimum atomic E-state index is -3.41. The van der Waals surface area contributed by atoms with Crippen molar-refractivity contribution in [3.63, 3.8) is 0 Å². The lowest BCUT2D eigenvalue weighted by molar-refractivity contribution is 0.213. The lowest BCUT2D eigenvalue weighted by atomic mass is 9.99. The van der Waals surface area contributed by atoms with E-state index in [4.69, 9.17) is 0 Å². The molecule has 1 aliphatic rings. The molecule has 0 aliphatic carbocycles. The molecule has 1 aliphatic heterocycles. The molecule has 1 heterocycles. The Hall–Kier alpha value is -0.910. The van der Waals surface area contributed by atoms with Gasteiger partial charge in [-0.1, -0.05) is 12.5 Å². The van der Waals surface area contributed by atoms with Crippen LogP contribution in [0.5, 0.6) is 0 Å². The lowest BCUT2D eigenvalue weighted by Crippen LogP contribution is -2.52. The maximum Gasteiger partial charge on any atom is 0.243 e. The minimum Gasteiger partial charge on any atom is -0.316 e. The maximum atomic E-state index is 13.0. The third-order valence-electron chi connectivity index (χ3n) is 4.62. The number of sulfonamides is 1. The Balaban J connectivity index is 2.38. The van der Waals surface area contributed by atoms with Gasteiger partial charge in [0.15, 0.2) is 0 Å². The van der Waals surface area contributed by atoms with E-state index in [1.807, 2.05) is 27.0 Å². The molecule has 0 spiro atoms. The predicted molar refractivity (Wildman–Crippen MR) is 86.0 cm³/mol. The molecule has 0 bridgehead atoms. The molecule has 0 aromatic heterocycles. The van der Waals surface area contributed by atoms with Crippen LogP contribution in [0.1, 0.15) is 37.3 Å². The topological polar surface area (TPSA) is 49.4 Å². The van der Waals surface area contributed by atoms with Crippen LogP contribution < -0.4 is 5.32 Å². The quantitative estimate of drug-likeness (QED) is 0.929. The highest BCUT2D eigenvalue weighted by molar-refractivity contribution is 7.89. The van der Waals surface area contributed by atoms with Gasteiger partial charge in [0.1, 0.15) is 0 Å². The van der Waals surface area contributed by atoms with Crippen molar-refractivity contribution < 1.29 is 8.42 Å². The van der Waals surface area contributed by atoms with Crippen molar-refractivity contribution in [1.82, 2.24) is 9.62 Å². The summed E-state index contributed by atoms with van der Waals surface area (Å²) in [6.45, 7) is 6.63. The first-order chi connectivity index (χ1) is 9.87. The zero-order valence-corrected chi connectivity index (χ0v) is 14.2. The summed E-state index contributed by atoms with van der Waals surface area (Å²) < 4.78 is 27.7. The number of hydrogen-bond donors (Lipinski definition) is 1. The highest BCUT2D eigenvalue weighted by Gasteiger charge is 2.35. The fourth-order valence-electron chi connectivity index (χ4n) is 2.93. The van der Waals surface area contributed by atoms with Crippen LogP contribution >= 0.6 is 0 Å². The number of nitrogens with zero attached hydrogens (tertiary/aromatic N) is 1. The van der Waals surface area contributed by atoms with Gasteiger partial charge in [-0.05, 0) is 63.9 Å². The molecule has 0 amide bonds. The molecule has 2 atom stereocenters. The summed E-state index contributed by atoms with van der Waals surface area (Å²) in [5.74, 6) is 0. The molecule has 2 unspecified atom stereocenters. The minimum absolute atomic E-state index is 0.0374. The Bertz CT molecular complexity index is 598. The SMILES string of the molecule is CNC(C)C1CCCCN1S(=O)(=O)c1ccc(C)c(C)c1. The van der Waals surface area contributed by atoms with Crippen LogP contribution in [0.2, 0.25) is 0 Å². The van der Waals surface area contributed by atoms with Gasteiger partial charge in [0, 0.05) is 18.6 Å². The smallest absolute Gasteiger partial charge is 0.243 e. The predicted octanol–water partition coefficient (Wildman–Crippen LogP) is 2.45. The second kappa shape index (κ2) is 6.46.